The molecule has 0 aliphatic rings. The monoisotopic (exact) mass is 357 g/mol. The zero-order chi connectivity index (χ0) is 18.8. The fourth-order valence-corrected chi connectivity index (χ4v) is 3.31. The number of nitrogens with zero attached hydrogens (tertiary/aromatic N) is 2. The summed E-state index contributed by atoms with van der Waals surface area (Å²) in [6.07, 6.45) is 1.63. The van der Waals surface area contributed by atoms with Crippen LogP contribution in [0.3, 0.4) is 0 Å². The SMILES string of the molecule is COc1ccc2ccccc2c1/C=N/NC(=O)c1cc2ccccc2n1C. The van der Waals surface area contributed by atoms with Gasteiger partial charge in [0.25, 0.3) is 5.91 Å². The zero-order valence-electron chi connectivity index (χ0n) is 15.1. The number of benzene rings is 3. The Bertz CT molecular complexity index is 1170. The Morgan fingerprint density at radius 3 is 2.56 bits per heavy atom. The fourth-order valence-electron chi connectivity index (χ4n) is 3.31. The number of nitrogens with one attached hydrogen (secondary N) is 1. The van der Waals surface area contributed by atoms with E-state index in [0.29, 0.717) is 11.4 Å². The Morgan fingerprint density at radius 1 is 1.04 bits per heavy atom. The Hall–Kier alpha value is -3.60. The van der Waals surface area contributed by atoms with Crippen molar-refractivity contribution in [3.8, 4) is 5.75 Å². The van der Waals surface area contributed by atoms with Crippen LogP contribution in [0.25, 0.3) is 21.7 Å². The third-order valence-corrected chi connectivity index (χ3v) is 4.69. The van der Waals surface area contributed by atoms with Crippen molar-refractivity contribution in [3.05, 3.63) is 78.0 Å². The van der Waals surface area contributed by atoms with E-state index >= 15 is 0 Å². The maximum absolute atomic E-state index is 12.6. The first-order valence-electron chi connectivity index (χ1n) is 8.62. The summed E-state index contributed by atoms with van der Waals surface area (Å²) in [4.78, 5) is 12.6. The van der Waals surface area contributed by atoms with E-state index in [1.54, 1.807) is 13.3 Å². The highest BCUT2D eigenvalue weighted by Gasteiger charge is 2.12. The van der Waals surface area contributed by atoms with Gasteiger partial charge in [0.15, 0.2) is 0 Å². The van der Waals surface area contributed by atoms with Gasteiger partial charge >= 0.3 is 0 Å². The Balaban J connectivity index is 1.63. The van der Waals surface area contributed by atoms with Gasteiger partial charge in [-0.25, -0.2) is 5.43 Å². The molecule has 1 aromatic heterocycles. The molecular weight excluding hydrogens is 338 g/mol. The number of methoxy groups -OCH3 is 1. The minimum Gasteiger partial charge on any atom is -0.496 e. The van der Waals surface area contributed by atoms with Gasteiger partial charge in [0.1, 0.15) is 11.4 Å². The van der Waals surface area contributed by atoms with E-state index in [4.69, 9.17) is 4.74 Å². The molecule has 134 valence electrons. The summed E-state index contributed by atoms with van der Waals surface area (Å²) in [5.41, 5.74) is 5.00. The highest BCUT2D eigenvalue weighted by molar-refractivity contribution is 6.03. The van der Waals surface area contributed by atoms with Gasteiger partial charge < -0.3 is 9.30 Å². The summed E-state index contributed by atoms with van der Waals surface area (Å²) in [6.45, 7) is 0. The number of hydrazone groups is 1. The van der Waals surface area contributed by atoms with Gasteiger partial charge in [-0.3, -0.25) is 4.79 Å². The number of hydrogen-bond acceptors (Lipinski definition) is 3. The molecule has 0 saturated carbocycles. The van der Waals surface area contributed by atoms with E-state index in [1.165, 1.54) is 0 Å². The molecule has 1 amide bonds. The second-order valence-corrected chi connectivity index (χ2v) is 6.25. The van der Waals surface area contributed by atoms with Crippen LogP contribution in [0.4, 0.5) is 0 Å². The minimum atomic E-state index is -0.260. The van der Waals surface area contributed by atoms with Gasteiger partial charge in [-0.15, -0.1) is 0 Å². The molecule has 0 bridgehead atoms. The van der Waals surface area contributed by atoms with Gasteiger partial charge in [-0.2, -0.15) is 5.10 Å². The third kappa shape index (κ3) is 3.04. The topological polar surface area (TPSA) is 55.6 Å². The molecule has 1 N–H and O–H groups in total. The molecule has 5 heteroatoms. The summed E-state index contributed by atoms with van der Waals surface area (Å²) in [7, 11) is 3.49. The summed E-state index contributed by atoms with van der Waals surface area (Å²) in [6, 6.07) is 21.6. The average Bonchev–Trinajstić information content (AvgIpc) is 3.05. The van der Waals surface area contributed by atoms with E-state index in [0.717, 1.165) is 27.2 Å². The maximum Gasteiger partial charge on any atom is 0.287 e. The fraction of sp³-hybridized carbons (Fsp3) is 0.0909. The normalized spacial score (nSPS) is 11.3. The lowest BCUT2D eigenvalue weighted by atomic mass is 10.0. The van der Waals surface area contributed by atoms with Gasteiger partial charge in [0.05, 0.1) is 13.3 Å². The number of carbonyl (C=O) groups is 1. The molecule has 4 rings (SSSR count). The highest BCUT2D eigenvalue weighted by Crippen LogP contribution is 2.26. The van der Waals surface area contributed by atoms with E-state index < -0.39 is 0 Å². The molecule has 0 saturated heterocycles. The highest BCUT2D eigenvalue weighted by atomic mass is 16.5. The van der Waals surface area contributed by atoms with Gasteiger partial charge in [-0.05, 0) is 29.0 Å². The summed E-state index contributed by atoms with van der Waals surface area (Å²) < 4.78 is 7.31. The molecule has 0 unspecified atom stereocenters. The third-order valence-electron chi connectivity index (χ3n) is 4.69. The summed E-state index contributed by atoms with van der Waals surface area (Å²) in [5.74, 6) is 0.445. The quantitative estimate of drug-likeness (QED) is 0.441. The molecule has 1 heterocycles. The molecule has 4 aromatic rings. The maximum atomic E-state index is 12.6. The van der Waals surface area contributed by atoms with Crippen LogP contribution in [0.15, 0.2) is 71.8 Å². The molecule has 3 aromatic carbocycles. The first kappa shape index (κ1) is 16.8. The van der Waals surface area contributed by atoms with Crippen LogP contribution in [-0.2, 0) is 7.05 Å². The summed E-state index contributed by atoms with van der Waals surface area (Å²) >= 11 is 0. The molecule has 0 aliphatic carbocycles. The largest absolute Gasteiger partial charge is 0.496 e. The number of fused-ring (bicyclic) bond motifs is 2. The van der Waals surface area contributed by atoms with Crippen molar-refractivity contribution >= 4 is 33.8 Å². The first-order valence-corrected chi connectivity index (χ1v) is 8.62. The zero-order valence-corrected chi connectivity index (χ0v) is 15.1. The Kier molecular flexibility index (Phi) is 4.34. The lowest BCUT2D eigenvalue weighted by Crippen LogP contribution is -2.20. The van der Waals surface area contributed by atoms with E-state index in [2.05, 4.69) is 10.5 Å². The lowest BCUT2D eigenvalue weighted by molar-refractivity contribution is 0.0947. The van der Waals surface area contributed by atoms with Gasteiger partial charge in [-0.1, -0.05) is 48.5 Å². The number of para-hydroxylation sites is 1. The standard InChI is InChI=1S/C22H19N3O2/c1-25-19-10-6-4-8-16(19)13-20(25)22(26)24-23-14-18-17-9-5-3-7-15(17)11-12-21(18)27-2/h3-14H,1-2H3,(H,24,26)/b23-14+. The second kappa shape index (κ2) is 6.96. The first-order chi connectivity index (χ1) is 13.2. The Labute approximate surface area is 156 Å². The smallest absolute Gasteiger partial charge is 0.287 e. The van der Waals surface area contributed by atoms with Crippen LogP contribution in [0.1, 0.15) is 16.1 Å². The molecule has 0 spiro atoms. The Morgan fingerprint density at radius 2 is 1.78 bits per heavy atom. The molecule has 0 radical (unpaired) electrons. The lowest BCUT2D eigenvalue weighted by Gasteiger charge is -2.08. The number of amides is 1. The number of carbonyl (C=O) groups excluding carboxylic acids is 1. The number of ether oxygens (including phenoxy) is 1. The molecular formula is C22H19N3O2. The van der Waals surface area contributed by atoms with Crippen molar-refractivity contribution in [1.82, 2.24) is 9.99 Å². The average molecular weight is 357 g/mol. The van der Waals surface area contributed by atoms with Crippen molar-refractivity contribution in [2.24, 2.45) is 12.1 Å². The molecule has 0 atom stereocenters. The molecule has 0 fully saturated rings. The van der Waals surface area contributed by atoms with Crippen LogP contribution in [-0.4, -0.2) is 23.8 Å². The predicted molar refractivity (Wildman–Crippen MR) is 108 cm³/mol. The van der Waals surface area contributed by atoms with Crippen LogP contribution in [0.2, 0.25) is 0 Å². The summed E-state index contributed by atoms with van der Waals surface area (Å²) in [5, 5.41) is 7.28. The van der Waals surface area contributed by atoms with Crippen LogP contribution >= 0.6 is 0 Å². The second-order valence-electron chi connectivity index (χ2n) is 6.25. The van der Waals surface area contributed by atoms with Crippen molar-refractivity contribution in [3.63, 3.8) is 0 Å². The van der Waals surface area contributed by atoms with Crippen molar-refractivity contribution in [1.29, 1.82) is 0 Å². The van der Waals surface area contributed by atoms with E-state index in [9.17, 15) is 4.79 Å². The van der Waals surface area contributed by atoms with E-state index in [1.807, 2.05) is 78.3 Å². The molecule has 0 aliphatic heterocycles. The minimum absolute atomic E-state index is 0.260. The number of aromatic nitrogens is 1. The number of rotatable bonds is 4. The molecule has 27 heavy (non-hydrogen) atoms. The van der Waals surface area contributed by atoms with Crippen molar-refractivity contribution in [2.75, 3.05) is 7.11 Å². The van der Waals surface area contributed by atoms with Gasteiger partial charge in [0, 0.05) is 23.5 Å². The van der Waals surface area contributed by atoms with Crippen LogP contribution < -0.4 is 10.2 Å². The van der Waals surface area contributed by atoms with E-state index in [-0.39, 0.29) is 5.91 Å². The van der Waals surface area contributed by atoms with Crippen molar-refractivity contribution < 1.29 is 9.53 Å². The molecule has 5 nitrogen and oxygen atoms in total. The predicted octanol–water partition coefficient (Wildman–Crippen LogP) is 4.10. The number of hydrogen-bond donors (Lipinski definition) is 1. The van der Waals surface area contributed by atoms with Crippen LogP contribution in [0.5, 0.6) is 5.75 Å². The van der Waals surface area contributed by atoms with Gasteiger partial charge in [0.2, 0.25) is 0 Å². The van der Waals surface area contributed by atoms with Crippen molar-refractivity contribution in [2.45, 2.75) is 0 Å². The number of aryl methyl sites for hydroxylation is 1. The van der Waals surface area contributed by atoms with Crippen LogP contribution in [0, 0.1) is 0 Å².